The molecule has 29 heteroatoms. The summed E-state index contributed by atoms with van der Waals surface area (Å²) in [5.41, 5.74) is 0. The molecule has 0 N–H and O–H groups in total. The molecule has 0 rings (SSSR count). The molecule has 0 aliphatic rings. The third-order valence-corrected chi connectivity index (χ3v) is 2100. The van der Waals surface area contributed by atoms with E-state index in [1.54, 1.807) is 0 Å². The second kappa shape index (κ2) is 30.4. The van der Waals surface area contributed by atoms with Crippen molar-refractivity contribution in [3.8, 4) is 0 Å². The molecule has 210 valence electrons. The van der Waals surface area contributed by atoms with Crippen molar-refractivity contribution >= 4 is 394 Å². The van der Waals surface area contributed by atoms with E-state index in [1.165, 1.54) is 0 Å². The van der Waals surface area contributed by atoms with Gasteiger partial charge in [0.25, 0.3) is 0 Å². The molecule has 0 aromatic rings. The van der Waals surface area contributed by atoms with Crippen LogP contribution in [0.2, 0.25) is 0 Å². The molecular formula is CH3I29. The zero-order valence-electron chi connectivity index (χ0n) is 12.0. The number of hydrogen-bond donors (Lipinski definition) is 0. The number of alkyl halides is 1. The summed E-state index contributed by atoms with van der Waals surface area (Å²) in [7, 11) is -5.99. The molecule has 0 heterocycles. The van der Waals surface area contributed by atoms with E-state index in [0.29, 0.717) is 0 Å². The molecule has 0 spiro atoms. The van der Waals surface area contributed by atoms with Crippen molar-refractivity contribution in [2.24, 2.45) is 0 Å². The van der Waals surface area contributed by atoms with Crippen LogP contribution in [-0.2, 0) is 0 Å². The molecule has 0 aliphatic carbocycles. The zero-order valence-corrected chi connectivity index (χ0v) is 74.5. The molecule has 0 aliphatic heterocycles. The van der Waals surface area contributed by atoms with Crippen molar-refractivity contribution < 1.29 is 0 Å². The van der Waals surface area contributed by atoms with Crippen molar-refractivity contribution in [3.05, 3.63) is 0 Å². The Morgan fingerprint density at radius 1 is 0.267 bits per heavy atom. The van der Waals surface area contributed by atoms with Crippen molar-refractivity contribution in [2.75, 3.05) is 4.93 Å². The van der Waals surface area contributed by atoms with E-state index in [4.69, 9.17) is 0 Å². The van der Waals surface area contributed by atoms with Gasteiger partial charge in [-0.15, -0.1) is 0 Å². The molecular weight excluding hydrogens is 3690 g/mol. The topological polar surface area (TPSA) is 0 Å². The van der Waals surface area contributed by atoms with Gasteiger partial charge in [-0.25, -0.2) is 0 Å². The fraction of sp³-hybridized carbons (Fsp3) is 1.00. The SMILES string of the molecule is CI(I)I(I)I(I)I(I)I(I)I(I)I(I)I(I)I(I)I(I)I(I)I(I)I(I)I(I)I. The minimum absolute atomic E-state index is 0.415. The number of rotatable bonds is 13. The molecule has 0 amide bonds. The fourth-order valence-corrected chi connectivity index (χ4v) is 4900. The molecule has 0 aromatic heterocycles. The third kappa shape index (κ3) is 21.3. The van der Waals surface area contributed by atoms with Gasteiger partial charge < -0.3 is 0 Å². The molecule has 0 bridgehead atoms. The Hall–Kier alpha value is 21.2. The molecule has 0 nitrogen and oxygen atoms in total. The summed E-state index contributed by atoms with van der Waals surface area (Å²) >= 11 is 47.0. The quantitative estimate of drug-likeness (QED) is 0.127. The standard InChI is InChI=1S/CH3I29/c1-17(2)19(5)21(7)23(9)25(11)27(13)29(15)30(16)28(14)26(12)24(10)22(8)20(6)18(3)4/h1H3. The van der Waals surface area contributed by atoms with Crippen LogP contribution < -0.4 is 0 Å². The van der Waals surface area contributed by atoms with Crippen LogP contribution in [0.4, 0.5) is 0 Å². The Bertz CT molecular complexity index is 413. The predicted molar refractivity (Wildman–Crippen MR) is 413 cm³/mol. The summed E-state index contributed by atoms with van der Waals surface area (Å²) in [6.45, 7) is 0. The van der Waals surface area contributed by atoms with E-state index in [9.17, 15) is 0 Å². The monoisotopic (exact) mass is 3700 g/mol. The van der Waals surface area contributed by atoms with Crippen LogP contribution in [0.15, 0.2) is 0 Å². The average Bonchev–Trinajstić information content (AvgIpc) is 2.72. The van der Waals surface area contributed by atoms with E-state index in [1.807, 2.05) is 0 Å². The summed E-state index contributed by atoms with van der Waals surface area (Å²) in [5, 5.41) is 0. The zero-order chi connectivity index (χ0) is 24.1. The van der Waals surface area contributed by atoms with E-state index in [0.717, 1.165) is 0 Å². The summed E-state index contributed by atoms with van der Waals surface area (Å²) in [5.74, 6) is 0. The minimum atomic E-state index is -0.486. The first-order chi connectivity index (χ1) is 13.6. The van der Waals surface area contributed by atoms with Crippen LogP contribution >= 0.6 is 394 Å². The van der Waals surface area contributed by atoms with E-state index < -0.39 is 114 Å². The van der Waals surface area contributed by atoms with Gasteiger partial charge in [-0.2, -0.15) is 0 Å². The van der Waals surface area contributed by atoms with Gasteiger partial charge in [-0.05, 0) is 0 Å². The maximum absolute atomic E-state index is 3.28. The van der Waals surface area contributed by atoms with Gasteiger partial charge >= 0.3 is 399 Å². The molecule has 0 unspecified atom stereocenters. The fourth-order valence-electron chi connectivity index (χ4n) is 0.396. The normalized spacial score (nSPS) is 18.4. The van der Waals surface area contributed by atoms with Gasteiger partial charge in [0.15, 0.2) is 0 Å². The molecule has 30 heavy (non-hydrogen) atoms. The van der Waals surface area contributed by atoms with Crippen LogP contribution in [0.25, 0.3) is 0 Å². The Morgan fingerprint density at radius 3 is 0.600 bits per heavy atom. The number of halogens is 29. The first kappa shape index (κ1) is 51.2. The Kier molecular flexibility index (Phi) is 51.8. The predicted octanol–water partition coefficient (Wildman–Crippen LogP) is 25.9. The first-order valence-corrected chi connectivity index (χ1v) is 183. The summed E-state index contributed by atoms with van der Waals surface area (Å²) in [4.78, 5) is 2.71. The average molecular weight is 3700 g/mol. The Balaban J connectivity index is 5.17. The first-order valence-electron chi connectivity index (χ1n) is 4.38. The van der Waals surface area contributed by atoms with E-state index in [2.05, 4.69) is 284 Å². The van der Waals surface area contributed by atoms with Gasteiger partial charge in [-0.1, -0.05) is 0 Å². The summed E-state index contributed by atoms with van der Waals surface area (Å²) < 4.78 is 0. The van der Waals surface area contributed by atoms with Gasteiger partial charge in [0, 0.05) is 0 Å². The van der Waals surface area contributed by atoms with Gasteiger partial charge in [0.1, 0.15) is 0 Å². The molecule has 0 saturated carbocycles. The van der Waals surface area contributed by atoms with Crippen LogP contribution in [0.5, 0.6) is 0 Å². The van der Waals surface area contributed by atoms with Gasteiger partial charge in [-0.3, -0.25) is 0 Å². The second-order valence-corrected chi connectivity index (χ2v) is 665. The Morgan fingerprint density at radius 2 is 0.433 bits per heavy atom. The van der Waals surface area contributed by atoms with Crippen molar-refractivity contribution in [1.29, 1.82) is 0 Å². The summed E-state index contributed by atoms with van der Waals surface area (Å²) in [6.07, 6.45) is 0. The van der Waals surface area contributed by atoms with E-state index in [-0.39, 0.29) is 0 Å². The molecule has 0 saturated heterocycles. The molecule has 0 fully saturated rings. The van der Waals surface area contributed by atoms with Crippen LogP contribution in [0.3, 0.4) is 0 Å². The maximum atomic E-state index is 3.28. The van der Waals surface area contributed by atoms with Gasteiger partial charge in [0.05, 0.1) is 0 Å². The van der Waals surface area contributed by atoms with Gasteiger partial charge in [0.2, 0.25) is 0 Å². The third-order valence-electron chi connectivity index (χ3n) is 1.13. The Labute approximate surface area is 376 Å². The molecule has 0 radical (unpaired) electrons. The van der Waals surface area contributed by atoms with Crippen molar-refractivity contribution in [3.63, 3.8) is 0 Å². The van der Waals surface area contributed by atoms with Crippen LogP contribution in [0, 0.1) is 0 Å². The number of hydrogen-bond acceptors (Lipinski definition) is 0. The van der Waals surface area contributed by atoms with Crippen molar-refractivity contribution in [1.82, 2.24) is 0 Å². The summed E-state index contributed by atoms with van der Waals surface area (Å²) in [6, 6.07) is 0. The van der Waals surface area contributed by atoms with E-state index >= 15 is 0 Å². The second-order valence-electron chi connectivity index (χ2n) is 2.45. The van der Waals surface area contributed by atoms with Crippen LogP contribution in [-0.4, -0.2) is 4.93 Å². The molecule has 0 aromatic carbocycles. The molecule has 0 atom stereocenters. The van der Waals surface area contributed by atoms with Crippen LogP contribution in [0.1, 0.15) is 0 Å². The van der Waals surface area contributed by atoms with Crippen molar-refractivity contribution in [2.45, 2.75) is 0 Å².